The largest absolute Gasteiger partial charge is 0.489 e. The number of hydrogen-bond acceptors (Lipinski definition) is 2. The van der Waals surface area contributed by atoms with Gasteiger partial charge in [0.05, 0.1) is 10.6 Å². The zero-order valence-corrected chi connectivity index (χ0v) is 14.9. The van der Waals surface area contributed by atoms with Gasteiger partial charge in [-0.25, -0.2) is 0 Å². The third kappa shape index (κ3) is 4.72. The van der Waals surface area contributed by atoms with Crippen LogP contribution in [0.3, 0.4) is 0 Å². The molecule has 0 spiro atoms. The van der Waals surface area contributed by atoms with Gasteiger partial charge in [0.2, 0.25) is 0 Å². The van der Waals surface area contributed by atoms with Crippen molar-refractivity contribution in [3.05, 3.63) is 28.2 Å². The van der Waals surface area contributed by atoms with E-state index in [0.29, 0.717) is 6.10 Å². The Bertz CT molecular complexity index is 441. The zero-order valence-electron chi connectivity index (χ0n) is 13.3. The monoisotopic (exact) mass is 353 g/mol. The van der Waals surface area contributed by atoms with Crippen molar-refractivity contribution in [1.82, 2.24) is 0 Å². The minimum absolute atomic E-state index is 0.206. The van der Waals surface area contributed by atoms with Crippen molar-refractivity contribution in [2.45, 2.75) is 70.9 Å². The van der Waals surface area contributed by atoms with Gasteiger partial charge in [-0.1, -0.05) is 32.4 Å². The lowest BCUT2D eigenvalue weighted by molar-refractivity contribution is 0.128. The van der Waals surface area contributed by atoms with Gasteiger partial charge in [-0.05, 0) is 72.0 Å². The van der Waals surface area contributed by atoms with Crippen molar-refractivity contribution in [3.63, 3.8) is 0 Å². The fourth-order valence-electron chi connectivity index (χ4n) is 3.10. The molecule has 21 heavy (non-hydrogen) atoms. The predicted molar refractivity (Wildman–Crippen MR) is 92.8 cm³/mol. The van der Waals surface area contributed by atoms with Crippen LogP contribution in [0.1, 0.15) is 57.9 Å². The van der Waals surface area contributed by atoms with E-state index in [4.69, 9.17) is 10.5 Å². The normalized spacial score (nSPS) is 23.8. The molecule has 2 rings (SSSR count). The average Bonchev–Trinajstić information content (AvgIpc) is 2.51. The molecule has 0 saturated heterocycles. The maximum absolute atomic E-state index is 6.35. The minimum Gasteiger partial charge on any atom is -0.489 e. The molecule has 0 aliphatic heterocycles. The highest BCUT2D eigenvalue weighted by Crippen LogP contribution is 2.35. The Morgan fingerprint density at radius 2 is 1.95 bits per heavy atom. The SMILES string of the molecule is CCC(N)Cc1cccc(Br)c1OC1CCC(CC)CC1. The van der Waals surface area contributed by atoms with Gasteiger partial charge in [0, 0.05) is 6.04 Å². The van der Waals surface area contributed by atoms with Gasteiger partial charge in [-0.2, -0.15) is 0 Å². The van der Waals surface area contributed by atoms with E-state index < -0.39 is 0 Å². The lowest BCUT2D eigenvalue weighted by atomic mass is 9.86. The molecule has 1 aliphatic rings. The highest BCUT2D eigenvalue weighted by molar-refractivity contribution is 9.10. The molecule has 1 unspecified atom stereocenters. The molecule has 1 aliphatic carbocycles. The van der Waals surface area contributed by atoms with Crippen molar-refractivity contribution >= 4 is 15.9 Å². The Hall–Kier alpha value is -0.540. The standard InChI is InChI=1S/C18H28BrNO/c1-3-13-8-10-16(11-9-13)21-18-14(12-15(20)4-2)6-5-7-17(18)19/h5-7,13,15-16H,3-4,8-12,20H2,1-2H3. The van der Waals surface area contributed by atoms with E-state index in [1.807, 2.05) is 0 Å². The van der Waals surface area contributed by atoms with Gasteiger partial charge in [0.1, 0.15) is 5.75 Å². The first-order valence-electron chi connectivity index (χ1n) is 8.33. The first-order chi connectivity index (χ1) is 10.1. The van der Waals surface area contributed by atoms with Crippen molar-refractivity contribution in [2.24, 2.45) is 11.7 Å². The van der Waals surface area contributed by atoms with Crippen LogP contribution in [0.25, 0.3) is 0 Å². The van der Waals surface area contributed by atoms with Crippen LogP contribution in [0.2, 0.25) is 0 Å². The van der Waals surface area contributed by atoms with Gasteiger partial charge >= 0.3 is 0 Å². The molecule has 0 bridgehead atoms. The van der Waals surface area contributed by atoms with Gasteiger partial charge < -0.3 is 10.5 Å². The topological polar surface area (TPSA) is 35.2 Å². The lowest BCUT2D eigenvalue weighted by Crippen LogP contribution is -2.26. The van der Waals surface area contributed by atoms with E-state index in [2.05, 4.69) is 48.0 Å². The Morgan fingerprint density at radius 1 is 1.24 bits per heavy atom. The molecule has 3 heteroatoms. The summed E-state index contributed by atoms with van der Waals surface area (Å²) in [6.45, 7) is 4.43. The number of ether oxygens (including phenoxy) is 1. The predicted octanol–water partition coefficient (Wildman–Crippen LogP) is 5.08. The van der Waals surface area contributed by atoms with Crippen LogP contribution < -0.4 is 10.5 Å². The van der Waals surface area contributed by atoms with Crippen LogP contribution >= 0.6 is 15.9 Å². The smallest absolute Gasteiger partial charge is 0.137 e. The number of hydrogen-bond donors (Lipinski definition) is 1. The minimum atomic E-state index is 0.206. The second-order valence-corrected chi connectivity index (χ2v) is 7.12. The van der Waals surface area contributed by atoms with E-state index in [-0.39, 0.29) is 6.04 Å². The number of rotatable bonds is 6. The molecule has 0 amide bonds. The first kappa shape index (κ1) is 16.8. The van der Waals surface area contributed by atoms with Crippen molar-refractivity contribution in [2.75, 3.05) is 0 Å². The van der Waals surface area contributed by atoms with E-state index in [0.717, 1.165) is 29.0 Å². The Morgan fingerprint density at radius 3 is 2.57 bits per heavy atom. The molecule has 1 saturated carbocycles. The highest BCUT2D eigenvalue weighted by Gasteiger charge is 2.23. The summed E-state index contributed by atoms with van der Waals surface area (Å²) < 4.78 is 7.41. The van der Waals surface area contributed by atoms with Crippen molar-refractivity contribution in [3.8, 4) is 5.75 Å². The van der Waals surface area contributed by atoms with E-state index in [9.17, 15) is 0 Å². The maximum atomic E-state index is 6.35. The van der Waals surface area contributed by atoms with Crippen LogP contribution in [-0.4, -0.2) is 12.1 Å². The maximum Gasteiger partial charge on any atom is 0.137 e. The Balaban J connectivity index is 2.05. The van der Waals surface area contributed by atoms with E-state index in [1.54, 1.807) is 0 Å². The van der Waals surface area contributed by atoms with Crippen LogP contribution in [0.4, 0.5) is 0 Å². The van der Waals surface area contributed by atoms with E-state index >= 15 is 0 Å². The summed E-state index contributed by atoms with van der Waals surface area (Å²) >= 11 is 3.65. The third-order valence-electron chi connectivity index (χ3n) is 4.71. The van der Waals surface area contributed by atoms with Crippen LogP contribution in [0.15, 0.2) is 22.7 Å². The van der Waals surface area contributed by atoms with E-state index in [1.165, 1.54) is 37.7 Å². The summed E-state index contributed by atoms with van der Waals surface area (Å²) in [5, 5.41) is 0. The first-order valence-corrected chi connectivity index (χ1v) is 9.12. The lowest BCUT2D eigenvalue weighted by Gasteiger charge is -2.29. The summed E-state index contributed by atoms with van der Waals surface area (Å²) in [5.41, 5.74) is 7.36. The Kier molecular flexibility index (Phi) is 6.56. The summed E-state index contributed by atoms with van der Waals surface area (Å²) in [6, 6.07) is 6.49. The molecular formula is C18H28BrNO. The summed E-state index contributed by atoms with van der Waals surface area (Å²) in [4.78, 5) is 0. The molecule has 1 aromatic rings. The summed E-state index contributed by atoms with van der Waals surface area (Å²) in [7, 11) is 0. The average molecular weight is 354 g/mol. The summed E-state index contributed by atoms with van der Waals surface area (Å²) in [5.74, 6) is 1.92. The molecule has 0 heterocycles. The number of benzene rings is 1. The number of halogens is 1. The molecule has 0 aromatic heterocycles. The van der Waals surface area contributed by atoms with Crippen LogP contribution in [0.5, 0.6) is 5.75 Å². The zero-order chi connectivity index (χ0) is 15.2. The van der Waals surface area contributed by atoms with Crippen LogP contribution in [0, 0.1) is 5.92 Å². The second kappa shape index (κ2) is 8.19. The van der Waals surface area contributed by atoms with Gasteiger partial charge in [0.25, 0.3) is 0 Å². The third-order valence-corrected chi connectivity index (χ3v) is 5.34. The molecule has 1 fully saturated rings. The molecule has 118 valence electrons. The molecule has 2 nitrogen and oxygen atoms in total. The van der Waals surface area contributed by atoms with Crippen LogP contribution in [-0.2, 0) is 6.42 Å². The summed E-state index contributed by atoms with van der Waals surface area (Å²) in [6.07, 6.45) is 8.51. The Labute approximate surface area is 137 Å². The van der Waals surface area contributed by atoms with Crippen molar-refractivity contribution < 1.29 is 4.74 Å². The quantitative estimate of drug-likeness (QED) is 0.773. The molecular weight excluding hydrogens is 326 g/mol. The molecule has 0 radical (unpaired) electrons. The fraction of sp³-hybridized carbons (Fsp3) is 0.667. The van der Waals surface area contributed by atoms with Gasteiger partial charge in [-0.15, -0.1) is 0 Å². The molecule has 1 aromatic carbocycles. The fourth-order valence-corrected chi connectivity index (χ4v) is 3.60. The van der Waals surface area contributed by atoms with Gasteiger partial charge in [-0.3, -0.25) is 0 Å². The van der Waals surface area contributed by atoms with Gasteiger partial charge in [0.15, 0.2) is 0 Å². The molecule has 2 N–H and O–H groups in total. The molecule has 1 atom stereocenters. The second-order valence-electron chi connectivity index (χ2n) is 6.27. The number of para-hydroxylation sites is 1. The van der Waals surface area contributed by atoms with Crippen molar-refractivity contribution in [1.29, 1.82) is 0 Å². The highest BCUT2D eigenvalue weighted by atomic mass is 79.9. The number of nitrogens with two attached hydrogens (primary N) is 1.